The van der Waals surface area contributed by atoms with E-state index in [0.29, 0.717) is 19.3 Å². The Morgan fingerprint density at radius 3 is 2.32 bits per heavy atom. The van der Waals surface area contributed by atoms with Crippen molar-refractivity contribution in [2.45, 2.75) is 118 Å². The molecule has 0 aliphatic heterocycles. The van der Waals surface area contributed by atoms with Crippen LogP contribution in [0.2, 0.25) is 0 Å². The molecule has 0 aromatic heterocycles. The fourth-order valence-corrected chi connectivity index (χ4v) is 5.50. The molecule has 4 atom stereocenters. The number of carbonyl (C=O) groups is 1. The van der Waals surface area contributed by atoms with Gasteiger partial charge in [0.25, 0.3) is 0 Å². The van der Waals surface area contributed by atoms with E-state index in [0.717, 1.165) is 61.5 Å². The van der Waals surface area contributed by atoms with Gasteiger partial charge in [-0.25, -0.2) is 0 Å². The first kappa shape index (κ1) is 30.5. The standard InChI is InChI=1S/C30H50O4/c1-22(2)19-26(33)20-24(4)12-8-11-23(3)13-9-16-29(6)28(14-10-18-31)27(25(5)21-32)15-17-30(29,7)34/h12-13,19,21,26,28,31,33-34H,8-11,14-18,20H2,1-7H3/b23-13-,24-12-,27-25+/t26-,28+,29+,30+/m0/s1. The molecule has 1 fully saturated rings. The zero-order valence-corrected chi connectivity index (χ0v) is 22.8. The van der Waals surface area contributed by atoms with E-state index >= 15 is 0 Å². The van der Waals surface area contributed by atoms with Crippen LogP contribution in [0.1, 0.15) is 106 Å². The van der Waals surface area contributed by atoms with Crippen molar-refractivity contribution in [3.63, 3.8) is 0 Å². The van der Waals surface area contributed by atoms with Crippen LogP contribution in [-0.4, -0.2) is 39.9 Å². The van der Waals surface area contributed by atoms with Crippen LogP contribution >= 0.6 is 0 Å². The van der Waals surface area contributed by atoms with Crippen molar-refractivity contribution >= 4 is 6.29 Å². The number of hydrogen-bond donors (Lipinski definition) is 3. The molecule has 0 aromatic rings. The van der Waals surface area contributed by atoms with Gasteiger partial charge in [0.05, 0.1) is 11.7 Å². The molecule has 0 heterocycles. The van der Waals surface area contributed by atoms with E-state index in [-0.39, 0.29) is 17.9 Å². The minimum atomic E-state index is -0.812. The van der Waals surface area contributed by atoms with E-state index in [4.69, 9.17) is 0 Å². The number of aliphatic hydroxyl groups excluding tert-OH is 2. The largest absolute Gasteiger partial charge is 0.396 e. The first-order chi connectivity index (χ1) is 15.9. The first-order valence-electron chi connectivity index (χ1n) is 13.0. The Kier molecular flexibility index (Phi) is 12.7. The van der Waals surface area contributed by atoms with Crippen molar-refractivity contribution < 1.29 is 20.1 Å². The highest BCUT2D eigenvalue weighted by molar-refractivity contribution is 5.74. The van der Waals surface area contributed by atoms with Crippen LogP contribution in [0.15, 0.2) is 46.1 Å². The van der Waals surface area contributed by atoms with Crippen molar-refractivity contribution in [1.29, 1.82) is 0 Å². The average molecular weight is 475 g/mol. The molecule has 0 bridgehead atoms. The van der Waals surface area contributed by atoms with Gasteiger partial charge in [0.15, 0.2) is 0 Å². The van der Waals surface area contributed by atoms with Crippen molar-refractivity contribution in [3.05, 3.63) is 46.1 Å². The first-order valence-corrected chi connectivity index (χ1v) is 13.0. The van der Waals surface area contributed by atoms with E-state index in [2.05, 4.69) is 32.9 Å². The zero-order chi connectivity index (χ0) is 25.9. The van der Waals surface area contributed by atoms with E-state index in [1.807, 2.05) is 33.8 Å². The van der Waals surface area contributed by atoms with Crippen LogP contribution < -0.4 is 0 Å². The van der Waals surface area contributed by atoms with Gasteiger partial charge in [-0.15, -0.1) is 0 Å². The Hall–Kier alpha value is -1.49. The van der Waals surface area contributed by atoms with Gasteiger partial charge in [0.2, 0.25) is 0 Å². The minimum absolute atomic E-state index is 0.0973. The molecule has 0 spiro atoms. The van der Waals surface area contributed by atoms with Crippen molar-refractivity contribution in [2.75, 3.05) is 6.61 Å². The fraction of sp³-hybridized carbons (Fsp3) is 0.700. The van der Waals surface area contributed by atoms with Crippen molar-refractivity contribution in [3.8, 4) is 0 Å². The monoisotopic (exact) mass is 474 g/mol. The lowest BCUT2D eigenvalue weighted by molar-refractivity contribution is -0.115. The third-order valence-electron chi connectivity index (χ3n) is 7.88. The molecular formula is C30H50O4. The molecule has 3 N–H and O–H groups in total. The van der Waals surface area contributed by atoms with Crippen molar-refractivity contribution in [2.24, 2.45) is 11.3 Å². The Balaban J connectivity index is 2.85. The third-order valence-corrected chi connectivity index (χ3v) is 7.88. The predicted octanol–water partition coefficient (Wildman–Crippen LogP) is 6.61. The van der Waals surface area contributed by atoms with Gasteiger partial charge in [0, 0.05) is 12.0 Å². The third kappa shape index (κ3) is 8.94. The zero-order valence-electron chi connectivity index (χ0n) is 22.8. The molecule has 0 saturated heterocycles. The maximum absolute atomic E-state index is 11.6. The number of rotatable bonds is 13. The van der Waals surface area contributed by atoms with Gasteiger partial charge < -0.3 is 15.3 Å². The number of aliphatic hydroxyl groups is 3. The summed E-state index contributed by atoms with van der Waals surface area (Å²) in [7, 11) is 0. The summed E-state index contributed by atoms with van der Waals surface area (Å²) in [6.45, 7) is 14.4. The Morgan fingerprint density at radius 2 is 1.74 bits per heavy atom. The quantitative estimate of drug-likeness (QED) is 0.159. The highest BCUT2D eigenvalue weighted by atomic mass is 16.3. The average Bonchev–Trinajstić information content (AvgIpc) is 2.73. The summed E-state index contributed by atoms with van der Waals surface area (Å²) in [5.41, 5.74) is 4.46. The number of allylic oxidation sites excluding steroid dienone is 6. The second-order valence-electron chi connectivity index (χ2n) is 11.1. The van der Waals surface area contributed by atoms with Crippen LogP contribution in [0.5, 0.6) is 0 Å². The lowest BCUT2D eigenvalue weighted by Gasteiger charge is -2.53. The van der Waals surface area contributed by atoms with Gasteiger partial charge >= 0.3 is 0 Å². The molecule has 4 nitrogen and oxygen atoms in total. The molecule has 0 radical (unpaired) electrons. The van der Waals surface area contributed by atoms with Crippen LogP contribution in [0.4, 0.5) is 0 Å². The molecule has 4 heteroatoms. The summed E-state index contributed by atoms with van der Waals surface area (Å²) in [5, 5.41) is 30.9. The van der Waals surface area contributed by atoms with Gasteiger partial charge in [-0.3, -0.25) is 4.79 Å². The minimum Gasteiger partial charge on any atom is -0.396 e. The summed E-state index contributed by atoms with van der Waals surface area (Å²) in [6, 6.07) is 0. The molecule has 1 rings (SSSR count). The second-order valence-corrected chi connectivity index (χ2v) is 11.1. The van der Waals surface area contributed by atoms with Gasteiger partial charge in [-0.2, -0.15) is 0 Å². The Bertz CT molecular complexity index is 780. The van der Waals surface area contributed by atoms with E-state index in [1.54, 1.807) is 0 Å². The fourth-order valence-electron chi connectivity index (χ4n) is 5.50. The molecule has 0 amide bonds. The molecule has 1 aliphatic carbocycles. The SMILES string of the molecule is CC(C)=C[C@H](O)C/C(C)=C\CC/C(C)=C\CC[C@]1(C)[C@H](CCCO)/C(=C(\C)C=O)CC[C@@]1(C)O. The van der Waals surface area contributed by atoms with E-state index < -0.39 is 11.7 Å². The Labute approximate surface area is 208 Å². The van der Waals surface area contributed by atoms with Crippen molar-refractivity contribution in [1.82, 2.24) is 0 Å². The number of aldehydes is 1. The highest BCUT2D eigenvalue weighted by Gasteiger charge is 2.51. The predicted molar refractivity (Wildman–Crippen MR) is 143 cm³/mol. The molecule has 194 valence electrons. The van der Waals surface area contributed by atoms with E-state index in [9.17, 15) is 20.1 Å². The van der Waals surface area contributed by atoms with Gasteiger partial charge in [-0.05, 0) is 111 Å². The maximum Gasteiger partial charge on any atom is 0.145 e. The van der Waals surface area contributed by atoms with Gasteiger partial charge in [-0.1, -0.05) is 47.4 Å². The second kappa shape index (κ2) is 14.2. The van der Waals surface area contributed by atoms with Gasteiger partial charge in [0.1, 0.15) is 6.29 Å². The van der Waals surface area contributed by atoms with Crippen LogP contribution in [0, 0.1) is 11.3 Å². The number of carbonyl (C=O) groups excluding carboxylic acids is 1. The molecule has 1 aliphatic rings. The molecular weight excluding hydrogens is 424 g/mol. The topological polar surface area (TPSA) is 77.8 Å². The van der Waals surface area contributed by atoms with E-state index in [1.165, 1.54) is 11.1 Å². The highest BCUT2D eigenvalue weighted by Crippen LogP contribution is 2.55. The lowest BCUT2D eigenvalue weighted by atomic mass is 9.54. The van der Waals surface area contributed by atoms with Crippen LogP contribution in [0.3, 0.4) is 0 Å². The summed E-state index contributed by atoms with van der Waals surface area (Å²) >= 11 is 0. The molecule has 1 saturated carbocycles. The summed E-state index contributed by atoms with van der Waals surface area (Å²) in [4.78, 5) is 11.6. The summed E-state index contributed by atoms with van der Waals surface area (Å²) < 4.78 is 0. The lowest BCUT2D eigenvalue weighted by Crippen LogP contribution is -2.52. The summed E-state index contributed by atoms with van der Waals surface area (Å²) in [5.74, 6) is 0.0973. The van der Waals surface area contributed by atoms with Crippen LogP contribution in [0.25, 0.3) is 0 Å². The van der Waals surface area contributed by atoms with Crippen LogP contribution in [-0.2, 0) is 4.79 Å². The molecule has 0 aromatic carbocycles. The smallest absolute Gasteiger partial charge is 0.145 e. The molecule has 0 unspecified atom stereocenters. The summed E-state index contributed by atoms with van der Waals surface area (Å²) in [6.07, 6.45) is 14.1. The number of hydrogen-bond acceptors (Lipinski definition) is 4. The Morgan fingerprint density at radius 1 is 1.09 bits per heavy atom. The molecule has 34 heavy (non-hydrogen) atoms. The normalized spacial score (nSPS) is 28.5. The maximum atomic E-state index is 11.6.